The van der Waals surface area contributed by atoms with E-state index in [4.69, 9.17) is 11.6 Å². The molecule has 0 aromatic heterocycles. The van der Waals surface area contributed by atoms with E-state index in [1.807, 2.05) is 0 Å². The van der Waals surface area contributed by atoms with E-state index in [0.717, 1.165) is 0 Å². The van der Waals surface area contributed by atoms with Crippen LogP contribution in [0.5, 0.6) is 0 Å². The standard InChI is InChI=1S/C11H14ClN5O2/c1-8-10-11(19)16(7-15-17(10)6-14-8)5-9(18)13-4-2-3-12/h6-7H,2-5H2,1H3,(H,13,18)/q+1. The van der Waals surface area contributed by atoms with Crippen molar-refractivity contribution in [2.75, 3.05) is 19.0 Å². The van der Waals surface area contributed by atoms with Gasteiger partial charge in [0, 0.05) is 12.4 Å². The maximum absolute atomic E-state index is 12.1. The number of carbonyl (C=O) groups excluding carboxylic acids is 2. The van der Waals surface area contributed by atoms with Crippen LogP contribution in [-0.4, -0.2) is 48.4 Å². The Kier molecular flexibility index (Phi) is 4.28. The molecule has 0 aromatic rings. The third-order valence-electron chi connectivity index (χ3n) is 2.66. The van der Waals surface area contributed by atoms with Gasteiger partial charge in [-0.25, -0.2) is 0 Å². The first-order chi connectivity index (χ1) is 9.13. The molecule has 0 saturated heterocycles. The number of aliphatic imine (C=N–C) groups is 1. The zero-order chi connectivity index (χ0) is 13.8. The molecule has 0 aliphatic carbocycles. The molecule has 0 unspecified atom stereocenters. The highest BCUT2D eigenvalue weighted by molar-refractivity contribution is 6.17. The number of allylic oxidation sites excluding steroid dienone is 1. The van der Waals surface area contributed by atoms with Crippen molar-refractivity contribution in [2.45, 2.75) is 13.3 Å². The molecule has 2 rings (SSSR count). The Morgan fingerprint density at radius 3 is 3.11 bits per heavy atom. The van der Waals surface area contributed by atoms with Crippen LogP contribution in [0.1, 0.15) is 13.3 Å². The summed E-state index contributed by atoms with van der Waals surface area (Å²) in [5.41, 5.74) is 0.977. The van der Waals surface area contributed by atoms with Crippen molar-refractivity contribution >= 4 is 36.1 Å². The first-order valence-electron chi connectivity index (χ1n) is 5.85. The van der Waals surface area contributed by atoms with Crippen molar-refractivity contribution in [3.05, 3.63) is 11.4 Å². The number of hydrazone groups is 1. The molecule has 2 amide bonds. The smallest absolute Gasteiger partial charge is 0.324 e. The summed E-state index contributed by atoms with van der Waals surface area (Å²) in [5, 5.41) is 8.11. The lowest BCUT2D eigenvalue weighted by Crippen LogP contribution is -2.46. The summed E-state index contributed by atoms with van der Waals surface area (Å²) < 4.78 is 0. The quantitative estimate of drug-likeness (QED) is 0.435. The second kappa shape index (κ2) is 5.94. The van der Waals surface area contributed by atoms with Gasteiger partial charge in [-0.2, -0.15) is 4.99 Å². The average Bonchev–Trinajstić information content (AvgIpc) is 2.76. The van der Waals surface area contributed by atoms with Crippen LogP contribution in [0.3, 0.4) is 0 Å². The predicted molar refractivity (Wildman–Crippen MR) is 71.9 cm³/mol. The van der Waals surface area contributed by atoms with Gasteiger partial charge >= 0.3 is 11.6 Å². The van der Waals surface area contributed by atoms with E-state index in [-0.39, 0.29) is 18.4 Å². The monoisotopic (exact) mass is 283 g/mol. The molecule has 0 spiro atoms. The molecule has 101 valence electrons. The summed E-state index contributed by atoms with van der Waals surface area (Å²) in [7, 11) is 0. The summed E-state index contributed by atoms with van der Waals surface area (Å²) in [5.74, 6) is -0.0315. The molecule has 0 atom stereocenters. The number of carbonyl (C=O) groups is 2. The molecule has 8 heteroatoms. The minimum atomic E-state index is -0.280. The van der Waals surface area contributed by atoms with Crippen LogP contribution in [-0.2, 0) is 9.59 Å². The molecule has 19 heavy (non-hydrogen) atoms. The second-order valence-corrected chi connectivity index (χ2v) is 4.46. The van der Waals surface area contributed by atoms with Gasteiger partial charge in [-0.05, 0) is 18.4 Å². The predicted octanol–water partition coefficient (Wildman–Crippen LogP) is -0.0695. The topological polar surface area (TPSA) is 80.0 Å². The van der Waals surface area contributed by atoms with Crippen LogP contribution in [0.25, 0.3) is 0 Å². The summed E-state index contributed by atoms with van der Waals surface area (Å²) in [6.07, 6.45) is 3.50. The van der Waals surface area contributed by atoms with Gasteiger partial charge < -0.3 is 5.32 Å². The Hall–Kier alpha value is -1.73. The summed E-state index contributed by atoms with van der Waals surface area (Å²) in [6.45, 7) is 2.16. The summed E-state index contributed by atoms with van der Waals surface area (Å²) >= 11 is 5.51. The zero-order valence-electron chi connectivity index (χ0n) is 10.5. The van der Waals surface area contributed by atoms with E-state index in [0.29, 0.717) is 30.2 Å². The number of rotatable bonds is 5. The minimum Gasteiger partial charge on any atom is -0.355 e. The summed E-state index contributed by atoms with van der Waals surface area (Å²) in [4.78, 5) is 29.0. The lowest BCUT2D eigenvalue weighted by atomic mass is 10.3. The molecular weight excluding hydrogens is 270 g/mol. The van der Waals surface area contributed by atoms with Crippen LogP contribution in [0.4, 0.5) is 0 Å². The highest BCUT2D eigenvalue weighted by Crippen LogP contribution is 2.19. The van der Waals surface area contributed by atoms with E-state index in [1.165, 1.54) is 22.6 Å². The third-order valence-corrected chi connectivity index (χ3v) is 2.93. The number of hydrogen-bond acceptors (Lipinski definition) is 5. The van der Waals surface area contributed by atoms with Gasteiger partial charge in [0.1, 0.15) is 12.2 Å². The number of nitrogens with one attached hydrogen (secondary N) is 1. The van der Waals surface area contributed by atoms with Crippen molar-refractivity contribution in [3.63, 3.8) is 0 Å². The zero-order valence-corrected chi connectivity index (χ0v) is 11.2. The van der Waals surface area contributed by atoms with Crippen LogP contribution in [0.15, 0.2) is 21.5 Å². The molecule has 0 saturated carbocycles. The van der Waals surface area contributed by atoms with Gasteiger partial charge in [0.05, 0.1) is 5.01 Å². The molecular formula is C11H14ClN5O2+. The van der Waals surface area contributed by atoms with Crippen molar-refractivity contribution in [2.24, 2.45) is 10.1 Å². The number of fused-ring (bicyclic) bond motifs is 1. The fraction of sp³-hybridized carbons (Fsp3) is 0.455. The fourth-order valence-corrected chi connectivity index (χ4v) is 1.82. The Bertz CT molecular complexity index is 485. The van der Waals surface area contributed by atoms with E-state index in [2.05, 4.69) is 15.4 Å². The van der Waals surface area contributed by atoms with Crippen LogP contribution >= 0.6 is 11.6 Å². The fourth-order valence-electron chi connectivity index (χ4n) is 1.69. The maximum Gasteiger partial charge on any atom is 0.324 e. The van der Waals surface area contributed by atoms with Crippen molar-refractivity contribution in [1.29, 1.82) is 0 Å². The van der Waals surface area contributed by atoms with Crippen molar-refractivity contribution in [3.8, 4) is 0 Å². The Labute approximate surface area is 115 Å². The Morgan fingerprint density at radius 1 is 1.58 bits per heavy atom. The summed E-state index contributed by atoms with van der Waals surface area (Å²) in [6, 6.07) is 0. The molecule has 2 heterocycles. The van der Waals surface area contributed by atoms with Crippen LogP contribution in [0.2, 0.25) is 0 Å². The average molecular weight is 284 g/mol. The first kappa shape index (κ1) is 13.7. The largest absolute Gasteiger partial charge is 0.355 e. The lowest BCUT2D eigenvalue weighted by Gasteiger charge is -2.18. The molecule has 1 radical (unpaired) electrons. The normalized spacial score (nSPS) is 18.2. The third kappa shape index (κ3) is 2.99. The first-order valence-corrected chi connectivity index (χ1v) is 6.39. The molecule has 2 aliphatic heterocycles. The SMILES string of the molecule is CC1=C2C(=O)N(CC(=O)NCCCCl)C=N[N+]2C=N1. The Balaban J connectivity index is 1.96. The molecule has 2 aliphatic rings. The molecule has 0 bridgehead atoms. The van der Waals surface area contributed by atoms with E-state index < -0.39 is 0 Å². The van der Waals surface area contributed by atoms with Gasteiger partial charge in [0.2, 0.25) is 5.91 Å². The Morgan fingerprint density at radius 2 is 2.37 bits per heavy atom. The van der Waals surface area contributed by atoms with Crippen LogP contribution in [0, 0.1) is 0 Å². The van der Waals surface area contributed by atoms with Gasteiger partial charge in [-0.15, -0.1) is 11.6 Å². The number of hydrogen-bond donors (Lipinski definition) is 1. The minimum absolute atomic E-state index is 0.0603. The number of halogens is 1. The number of amides is 2. The highest BCUT2D eigenvalue weighted by Gasteiger charge is 2.42. The second-order valence-electron chi connectivity index (χ2n) is 4.08. The van der Waals surface area contributed by atoms with Gasteiger partial charge in [0.25, 0.3) is 6.34 Å². The van der Waals surface area contributed by atoms with Crippen LogP contribution < -0.4 is 10.3 Å². The highest BCUT2D eigenvalue weighted by atomic mass is 35.5. The van der Waals surface area contributed by atoms with Gasteiger partial charge in [-0.3, -0.25) is 14.5 Å². The van der Waals surface area contributed by atoms with E-state index in [9.17, 15) is 9.59 Å². The van der Waals surface area contributed by atoms with Gasteiger partial charge in [-0.1, -0.05) is 0 Å². The van der Waals surface area contributed by atoms with Gasteiger partial charge in [0.15, 0.2) is 6.34 Å². The molecule has 0 aromatic carbocycles. The molecule has 0 fully saturated rings. The maximum atomic E-state index is 12.1. The molecule has 7 nitrogen and oxygen atoms in total. The van der Waals surface area contributed by atoms with Crippen molar-refractivity contribution < 1.29 is 9.59 Å². The van der Waals surface area contributed by atoms with E-state index >= 15 is 0 Å². The lowest BCUT2D eigenvalue weighted by molar-refractivity contribution is -0.130. The van der Waals surface area contributed by atoms with Crippen molar-refractivity contribution in [1.82, 2.24) is 15.2 Å². The van der Waals surface area contributed by atoms with E-state index in [1.54, 1.807) is 6.92 Å². The number of nitrogens with zero attached hydrogens (tertiary/aromatic N) is 4. The number of alkyl halides is 1. The molecule has 1 N–H and O–H groups in total.